The topological polar surface area (TPSA) is 79.3 Å². The van der Waals surface area contributed by atoms with Gasteiger partial charge in [0.25, 0.3) is 0 Å². The van der Waals surface area contributed by atoms with Gasteiger partial charge in [-0.2, -0.15) is 0 Å². The number of rotatable bonds is 7. The van der Waals surface area contributed by atoms with Gasteiger partial charge in [0.2, 0.25) is 0 Å². The largest absolute Gasteiger partial charge is 0.396 e. The summed E-state index contributed by atoms with van der Waals surface area (Å²) in [5, 5.41) is 15.6. The van der Waals surface area contributed by atoms with Crippen molar-refractivity contribution >= 4 is 11.6 Å². The number of methoxy groups -OCH3 is 1. The van der Waals surface area contributed by atoms with Gasteiger partial charge < -0.3 is 20.5 Å². The van der Waals surface area contributed by atoms with E-state index in [1.54, 1.807) is 7.11 Å². The first-order chi connectivity index (χ1) is 9.40. The lowest BCUT2D eigenvalue weighted by molar-refractivity contribution is 0.178. The zero-order chi connectivity index (χ0) is 15.2. The van der Waals surface area contributed by atoms with Crippen LogP contribution in [0.2, 0.25) is 0 Å². The lowest BCUT2D eigenvalue weighted by Crippen LogP contribution is -2.35. The normalized spacial score (nSPS) is 13.1. The van der Waals surface area contributed by atoms with Crippen molar-refractivity contribution in [2.45, 2.75) is 39.8 Å². The molecule has 0 aromatic carbocycles. The van der Waals surface area contributed by atoms with Crippen LogP contribution in [0.25, 0.3) is 0 Å². The molecular weight excluding hydrogens is 256 g/mol. The fourth-order valence-electron chi connectivity index (χ4n) is 1.92. The van der Waals surface area contributed by atoms with Crippen LogP contribution in [0, 0.1) is 5.41 Å². The molecule has 3 N–H and O–H groups in total. The Kier molecular flexibility index (Phi) is 6.16. The van der Waals surface area contributed by atoms with Crippen LogP contribution in [0.3, 0.4) is 0 Å². The smallest absolute Gasteiger partial charge is 0.158 e. The number of nitrogens with one attached hydrogen (secondary N) is 2. The molecule has 1 atom stereocenters. The van der Waals surface area contributed by atoms with Crippen LogP contribution in [0.15, 0.2) is 6.07 Å². The highest BCUT2D eigenvalue weighted by Crippen LogP contribution is 2.25. The summed E-state index contributed by atoms with van der Waals surface area (Å²) in [7, 11) is 3.43. The van der Waals surface area contributed by atoms with Gasteiger partial charge in [-0.15, -0.1) is 0 Å². The van der Waals surface area contributed by atoms with E-state index in [2.05, 4.69) is 41.4 Å². The van der Waals surface area contributed by atoms with E-state index in [0.717, 1.165) is 11.6 Å². The highest BCUT2D eigenvalue weighted by atomic mass is 16.5. The molecule has 114 valence electrons. The standard InChI is InChI=1S/C14H26N4O2/c1-14(2,3)10(6-7-19)16-12-8-11(15-4)17-13(18-12)9-20-5/h8,10,19H,6-7,9H2,1-5H3,(H2,15,16,17,18). The van der Waals surface area contributed by atoms with Crippen molar-refractivity contribution in [3.05, 3.63) is 11.9 Å². The molecule has 0 saturated carbocycles. The third-order valence-corrected chi connectivity index (χ3v) is 3.09. The Bertz CT molecular complexity index is 418. The van der Waals surface area contributed by atoms with Gasteiger partial charge in [0.1, 0.15) is 18.2 Å². The van der Waals surface area contributed by atoms with Crippen molar-refractivity contribution in [3.63, 3.8) is 0 Å². The summed E-state index contributed by atoms with van der Waals surface area (Å²) in [6.07, 6.45) is 0.669. The highest BCUT2D eigenvalue weighted by molar-refractivity contribution is 5.48. The second kappa shape index (κ2) is 7.40. The maximum atomic E-state index is 9.21. The number of hydrogen-bond acceptors (Lipinski definition) is 6. The number of ether oxygens (including phenoxy) is 1. The number of aliphatic hydroxyl groups is 1. The van der Waals surface area contributed by atoms with Gasteiger partial charge in [0.15, 0.2) is 5.82 Å². The fourth-order valence-corrected chi connectivity index (χ4v) is 1.92. The van der Waals surface area contributed by atoms with Crippen LogP contribution in [-0.4, -0.2) is 41.9 Å². The van der Waals surface area contributed by atoms with Crippen LogP contribution >= 0.6 is 0 Å². The van der Waals surface area contributed by atoms with Crippen molar-refractivity contribution < 1.29 is 9.84 Å². The maximum Gasteiger partial charge on any atom is 0.158 e. The van der Waals surface area contributed by atoms with Crippen LogP contribution < -0.4 is 10.6 Å². The molecule has 0 aliphatic carbocycles. The van der Waals surface area contributed by atoms with Gasteiger partial charge in [-0.1, -0.05) is 20.8 Å². The van der Waals surface area contributed by atoms with Crippen LogP contribution in [0.5, 0.6) is 0 Å². The molecule has 6 heteroatoms. The second-order valence-corrected chi connectivity index (χ2v) is 5.81. The van der Waals surface area contributed by atoms with E-state index in [9.17, 15) is 5.11 Å². The molecule has 1 aromatic rings. The summed E-state index contributed by atoms with van der Waals surface area (Å²) in [5.74, 6) is 2.11. The highest BCUT2D eigenvalue weighted by Gasteiger charge is 2.24. The molecule has 1 rings (SSSR count). The third kappa shape index (κ3) is 4.94. The first-order valence-electron chi connectivity index (χ1n) is 6.82. The minimum absolute atomic E-state index is 0.0227. The van der Waals surface area contributed by atoms with Crippen molar-refractivity contribution in [2.24, 2.45) is 5.41 Å². The molecule has 0 radical (unpaired) electrons. The maximum absolute atomic E-state index is 9.21. The van der Waals surface area contributed by atoms with Gasteiger partial charge in [-0.3, -0.25) is 0 Å². The molecule has 1 unspecified atom stereocenters. The Labute approximate surface area is 121 Å². The van der Waals surface area contributed by atoms with E-state index in [1.165, 1.54) is 0 Å². The average Bonchev–Trinajstić information content (AvgIpc) is 2.37. The molecule has 0 spiro atoms. The molecule has 0 aliphatic rings. The van der Waals surface area contributed by atoms with Gasteiger partial charge in [0, 0.05) is 32.9 Å². The van der Waals surface area contributed by atoms with Crippen LogP contribution in [0.1, 0.15) is 33.0 Å². The number of anilines is 2. The Hall–Kier alpha value is -1.40. The van der Waals surface area contributed by atoms with Gasteiger partial charge >= 0.3 is 0 Å². The first-order valence-corrected chi connectivity index (χ1v) is 6.82. The second-order valence-electron chi connectivity index (χ2n) is 5.81. The zero-order valence-corrected chi connectivity index (χ0v) is 13.0. The van der Waals surface area contributed by atoms with Crippen molar-refractivity contribution in [1.29, 1.82) is 0 Å². The summed E-state index contributed by atoms with van der Waals surface area (Å²) < 4.78 is 5.08. The van der Waals surface area contributed by atoms with Crippen LogP contribution in [-0.2, 0) is 11.3 Å². The summed E-state index contributed by atoms with van der Waals surface area (Å²) in [6.45, 7) is 6.91. The Balaban J connectivity index is 2.96. The number of nitrogens with zero attached hydrogens (tertiary/aromatic N) is 2. The molecule has 0 fully saturated rings. The predicted octanol–water partition coefficient (Wildman–Crippen LogP) is 1.87. The predicted molar refractivity (Wildman–Crippen MR) is 80.9 cm³/mol. The first kappa shape index (κ1) is 16.7. The number of aliphatic hydroxyl groups excluding tert-OH is 1. The quantitative estimate of drug-likeness (QED) is 0.708. The lowest BCUT2D eigenvalue weighted by Gasteiger charge is -2.31. The molecule has 0 saturated heterocycles. The molecule has 1 heterocycles. The Morgan fingerprint density at radius 3 is 2.45 bits per heavy atom. The molecule has 0 aliphatic heterocycles. The van der Waals surface area contributed by atoms with Crippen molar-refractivity contribution in [1.82, 2.24) is 9.97 Å². The van der Waals surface area contributed by atoms with E-state index >= 15 is 0 Å². The summed E-state index contributed by atoms with van der Waals surface area (Å²) >= 11 is 0. The zero-order valence-electron chi connectivity index (χ0n) is 13.0. The summed E-state index contributed by atoms with van der Waals surface area (Å²) in [6, 6.07) is 1.98. The van der Waals surface area contributed by atoms with Crippen molar-refractivity contribution in [3.8, 4) is 0 Å². The molecular formula is C14H26N4O2. The van der Waals surface area contributed by atoms with Crippen LogP contribution in [0.4, 0.5) is 11.6 Å². The fraction of sp³-hybridized carbons (Fsp3) is 0.714. The summed E-state index contributed by atoms with van der Waals surface area (Å²) in [4.78, 5) is 8.76. The van der Waals surface area contributed by atoms with Crippen molar-refractivity contribution in [2.75, 3.05) is 31.4 Å². The SMILES string of the molecule is CNc1cc(NC(CCO)C(C)(C)C)nc(COC)n1. The number of aromatic nitrogens is 2. The van der Waals surface area contributed by atoms with E-state index in [4.69, 9.17) is 4.74 Å². The lowest BCUT2D eigenvalue weighted by atomic mass is 9.85. The minimum atomic E-state index is 0.0227. The average molecular weight is 282 g/mol. The molecule has 0 bridgehead atoms. The molecule has 1 aromatic heterocycles. The molecule has 6 nitrogen and oxygen atoms in total. The van der Waals surface area contributed by atoms with Gasteiger partial charge in [0.05, 0.1) is 0 Å². The monoisotopic (exact) mass is 282 g/mol. The Morgan fingerprint density at radius 1 is 1.30 bits per heavy atom. The third-order valence-electron chi connectivity index (χ3n) is 3.09. The van der Waals surface area contributed by atoms with Gasteiger partial charge in [-0.05, 0) is 11.8 Å². The Morgan fingerprint density at radius 2 is 1.95 bits per heavy atom. The summed E-state index contributed by atoms with van der Waals surface area (Å²) in [5.41, 5.74) is 0.0227. The van der Waals surface area contributed by atoms with E-state index in [0.29, 0.717) is 18.9 Å². The van der Waals surface area contributed by atoms with Gasteiger partial charge in [-0.25, -0.2) is 9.97 Å². The van der Waals surface area contributed by atoms with E-state index in [-0.39, 0.29) is 18.1 Å². The number of hydrogen-bond donors (Lipinski definition) is 3. The molecule has 0 amide bonds. The van der Waals surface area contributed by atoms with E-state index < -0.39 is 0 Å². The van der Waals surface area contributed by atoms with E-state index in [1.807, 2.05) is 13.1 Å². The minimum Gasteiger partial charge on any atom is -0.396 e. The molecule has 20 heavy (non-hydrogen) atoms.